The molecule has 0 saturated heterocycles. The van der Waals surface area contributed by atoms with Crippen molar-refractivity contribution in [2.24, 2.45) is 0 Å². The number of hydrogen-bond donors (Lipinski definition) is 0. The van der Waals surface area contributed by atoms with E-state index in [1.54, 1.807) is 0 Å². The fraction of sp³-hybridized carbons (Fsp3) is 0.0625. The van der Waals surface area contributed by atoms with Crippen molar-refractivity contribution < 1.29 is 0 Å². The first-order valence-corrected chi connectivity index (χ1v) is 23.2. The quantitative estimate of drug-likeness (QED) is 0.168. The summed E-state index contributed by atoms with van der Waals surface area (Å²) < 4.78 is 2.52. The Morgan fingerprint density at radius 2 is 0.909 bits per heavy atom. The molecule has 1 atom stereocenters. The summed E-state index contributed by atoms with van der Waals surface area (Å²) in [5.74, 6) is 0. The number of rotatable bonds is 5. The summed E-state index contributed by atoms with van der Waals surface area (Å²) in [5, 5.41) is 2.58. The topological polar surface area (TPSA) is 8.17 Å². The third kappa shape index (κ3) is 4.85. The zero-order valence-corrected chi connectivity index (χ0v) is 36.8. The van der Waals surface area contributed by atoms with Crippen LogP contribution in [-0.2, 0) is 10.8 Å². The third-order valence-corrected chi connectivity index (χ3v) is 15.2. The van der Waals surface area contributed by atoms with E-state index in [1.807, 2.05) is 0 Å². The fourth-order valence-electron chi connectivity index (χ4n) is 12.4. The lowest BCUT2D eigenvalue weighted by Crippen LogP contribution is -2.33. The zero-order chi connectivity index (χ0) is 43.7. The van der Waals surface area contributed by atoms with Crippen LogP contribution in [-0.4, -0.2) is 4.57 Å². The van der Waals surface area contributed by atoms with Gasteiger partial charge in [0.15, 0.2) is 0 Å². The van der Waals surface area contributed by atoms with Crippen LogP contribution >= 0.6 is 0 Å². The summed E-state index contributed by atoms with van der Waals surface area (Å²) in [6.07, 6.45) is 0. The van der Waals surface area contributed by atoms with E-state index in [0.29, 0.717) is 0 Å². The van der Waals surface area contributed by atoms with Gasteiger partial charge in [0, 0.05) is 33.1 Å². The van der Waals surface area contributed by atoms with Crippen molar-refractivity contribution in [1.29, 1.82) is 0 Å². The van der Waals surface area contributed by atoms with Crippen LogP contribution in [0.3, 0.4) is 0 Å². The van der Waals surface area contributed by atoms with Gasteiger partial charge in [0.1, 0.15) is 0 Å². The van der Waals surface area contributed by atoms with Gasteiger partial charge in [0.05, 0.1) is 27.8 Å². The molecule has 1 aliphatic heterocycles. The molecular weight excluding hydrogens is 797 g/mol. The summed E-state index contributed by atoms with van der Waals surface area (Å²) >= 11 is 0. The van der Waals surface area contributed by atoms with Crippen molar-refractivity contribution in [1.82, 2.24) is 4.57 Å². The summed E-state index contributed by atoms with van der Waals surface area (Å²) in [7, 11) is 0. The Hall–Kier alpha value is -8.20. The van der Waals surface area contributed by atoms with Crippen LogP contribution in [0.1, 0.15) is 47.2 Å². The molecule has 2 heterocycles. The largest absolute Gasteiger partial charge is 0.310 e. The number of benzene rings is 10. The summed E-state index contributed by atoms with van der Waals surface area (Å²) in [6.45, 7) is 4.76. The van der Waals surface area contributed by atoms with Crippen LogP contribution in [0.2, 0.25) is 0 Å². The van der Waals surface area contributed by atoms with E-state index in [0.717, 1.165) is 17.1 Å². The van der Waals surface area contributed by atoms with Crippen molar-refractivity contribution in [3.63, 3.8) is 0 Å². The Bertz CT molecular complexity index is 3810. The predicted molar refractivity (Wildman–Crippen MR) is 275 cm³/mol. The van der Waals surface area contributed by atoms with E-state index >= 15 is 0 Å². The van der Waals surface area contributed by atoms with Crippen molar-refractivity contribution in [2.45, 2.75) is 24.7 Å². The monoisotopic (exact) mass is 840 g/mol. The maximum Gasteiger partial charge on any atom is 0.0754 e. The van der Waals surface area contributed by atoms with Gasteiger partial charge in [-0.05, 0) is 115 Å². The normalized spacial score (nSPS) is 15.6. The Morgan fingerprint density at radius 1 is 0.348 bits per heavy atom. The lowest BCUT2D eigenvalue weighted by Gasteiger charge is -2.39. The van der Waals surface area contributed by atoms with Crippen LogP contribution in [0.25, 0.3) is 72.0 Å². The molecule has 310 valence electrons. The van der Waals surface area contributed by atoms with E-state index < -0.39 is 5.41 Å². The van der Waals surface area contributed by atoms with Crippen LogP contribution in [0, 0.1) is 0 Å². The summed E-state index contributed by atoms with van der Waals surface area (Å²) in [6, 6.07) is 86.3. The van der Waals surface area contributed by atoms with Gasteiger partial charge >= 0.3 is 0 Å². The number of aromatic nitrogens is 1. The Labute approximate surface area is 385 Å². The van der Waals surface area contributed by atoms with Crippen molar-refractivity contribution in [2.75, 3.05) is 4.90 Å². The lowest BCUT2D eigenvalue weighted by molar-refractivity contribution is 0.660. The summed E-state index contributed by atoms with van der Waals surface area (Å²) in [4.78, 5) is 2.53. The molecule has 14 rings (SSSR count). The molecule has 2 nitrogen and oxygen atoms in total. The second-order valence-corrected chi connectivity index (χ2v) is 18.8. The highest BCUT2D eigenvalue weighted by atomic mass is 15.1. The molecule has 10 aromatic carbocycles. The molecule has 1 spiro atoms. The highest BCUT2D eigenvalue weighted by Gasteiger charge is 2.51. The van der Waals surface area contributed by atoms with Crippen molar-refractivity contribution in [3.05, 3.63) is 264 Å². The Kier molecular flexibility index (Phi) is 7.70. The lowest BCUT2D eigenvalue weighted by atomic mass is 9.65. The van der Waals surface area contributed by atoms with Gasteiger partial charge in [0.25, 0.3) is 0 Å². The van der Waals surface area contributed by atoms with E-state index in [1.165, 1.54) is 105 Å². The van der Waals surface area contributed by atoms with Crippen LogP contribution in [0.5, 0.6) is 0 Å². The molecule has 1 aromatic heterocycles. The zero-order valence-electron chi connectivity index (χ0n) is 36.8. The van der Waals surface area contributed by atoms with E-state index in [9.17, 15) is 0 Å². The Balaban J connectivity index is 1.04. The Morgan fingerprint density at radius 3 is 1.74 bits per heavy atom. The number of anilines is 3. The molecule has 11 aromatic rings. The number of nitrogens with zero attached hydrogens (tertiary/aromatic N) is 2. The van der Waals surface area contributed by atoms with Gasteiger partial charge in [-0.15, -0.1) is 0 Å². The van der Waals surface area contributed by atoms with Crippen LogP contribution < -0.4 is 4.90 Å². The van der Waals surface area contributed by atoms with Gasteiger partial charge in [-0.1, -0.05) is 202 Å². The van der Waals surface area contributed by atoms with Gasteiger partial charge < -0.3 is 9.47 Å². The molecule has 0 amide bonds. The highest BCUT2D eigenvalue weighted by Crippen LogP contribution is 2.62. The SMILES string of the molecule is CC1(C)c2ccccc2-c2ccc(N(c3ccc4c(c3)-c3ccccc3C43c4ccccc4-n4c5ccccc5c5cccc3c54)c3ccccc3-c3ccccc3-c3ccccc3)cc21. The van der Waals surface area contributed by atoms with Crippen LogP contribution in [0.15, 0.2) is 231 Å². The maximum atomic E-state index is 2.53. The molecule has 0 fully saturated rings. The fourth-order valence-corrected chi connectivity index (χ4v) is 12.4. The first-order valence-electron chi connectivity index (χ1n) is 23.2. The standard InChI is InChI=1S/C64H44N2/c1-63(2)53-28-12-8-23-46(53)48-37-35-43(40-58(48)63)65(59-32-15-10-25-49(59)45-22-7-6-21-44(45)41-19-4-3-5-20-41)42-36-38-55-52(39-42)47-24-9-13-29-54(47)64(55)56-30-14-17-34-61(56)66-60-33-16-11-26-50(60)51-27-18-31-57(64)62(51)66/h3-40H,1-2H3. The molecule has 2 aliphatic carbocycles. The van der Waals surface area contributed by atoms with Crippen molar-refractivity contribution in [3.8, 4) is 50.2 Å². The second kappa shape index (κ2) is 13.7. The molecule has 0 N–H and O–H groups in total. The van der Waals surface area contributed by atoms with E-state index in [2.05, 4.69) is 254 Å². The number of para-hydroxylation sites is 4. The third-order valence-electron chi connectivity index (χ3n) is 15.2. The summed E-state index contributed by atoms with van der Waals surface area (Å²) in [5.41, 5.74) is 24.5. The average Bonchev–Trinajstić information content (AvgIpc) is 3.95. The van der Waals surface area contributed by atoms with Gasteiger partial charge in [-0.2, -0.15) is 0 Å². The van der Waals surface area contributed by atoms with Gasteiger partial charge in [0.2, 0.25) is 0 Å². The maximum absolute atomic E-state index is 2.53. The molecule has 1 unspecified atom stereocenters. The minimum Gasteiger partial charge on any atom is -0.310 e. The first-order chi connectivity index (χ1) is 32.5. The first kappa shape index (κ1) is 37.2. The minimum atomic E-state index is -0.522. The van der Waals surface area contributed by atoms with Crippen molar-refractivity contribution >= 4 is 38.9 Å². The molecule has 66 heavy (non-hydrogen) atoms. The van der Waals surface area contributed by atoms with Gasteiger partial charge in [-0.3, -0.25) is 0 Å². The molecule has 3 aliphatic rings. The number of hydrogen-bond acceptors (Lipinski definition) is 1. The minimum absolute atomic E-state index is 0.159. The van der Waals surface area contributed by atoms with E-state index in [-0.39, 0.29) is 5.41 Å². The molecule has 0 bridgehead atoms. The predicted octanol–water partition coefficient (Wildman–Crippen LogP) is 16.6. The molecule has 2 heteroatoms. The number of fused-ring (bicyclic) bond motifs is 15. The van der Waals surface area contributed by atoms with Gasteiger partial charge in [-0.25, -0.2) is 0 Å². The molecular formula is C64H44N2. The van der Waals surface area contributed by atoms with E-state index in [4.69, 9.17) is 0 Å². The second-order valence-electron chi connectivity index (χ2n) is 18.8. The highest BCUT2D eigenvalue weighted by molar-refractivity contribution is 6.13. The van der Waals surface area contributed by atoms with Crippen LogP contribution in [0.4, 0.5) is 17.1 Å². The molecule has 0 radical (unpaired) electrons. The smallest absolute Gasteiger partial charge is 0.0754 e. The average molecular weight is 841 g/mol. The molecule has 0 saturated carbocycles.